The summed E-state index contributed by atoms with van der Waals surface area (Å²) in [6.45, 7) is 1.79. The van der Waals surface area contributed by atoms with Gasteiger partial charge in [0.05, 0.1) is 19.9 Å². The predicted molar refractivity (Wildman–Crippen MR) is 84.8 cm³/mol. The van der Waals surface area contributed by atoms with Crippen LogP contribution in [0.25, 0.3) is 0 Å². The molecule has 0 unspecified atom stereocenters. The van der Waals surface area contributed by atoms with Crippen LogP contribution in [0.3, 0.4) is 0 Å². The van der Waals surface area contributed by atoms with Gasteiger partial charge in [0.1, 0.15) is 5.75 Å². The standard InChI is InChI=1S/C13H10BrClN2O2S/c1-7(11-4-5-12(14)20-11)16-17-13(19)9-6-8(15)2-3-10(9)18/h2-6,18H,1H3,(H,17,19). The van der Waals surface area contributed by atoms with Gasteiger partial charge in [-0.15, -0.1) is 11.3 Å². The van der Waals surface area contributed by atoms with Gasteiger partial charge in [-0.3, -0.25) is 4.79 Å². The van der Waals surface area contributed by atoms with E-state index in [0.29, 0.717) is 10.7 Å². The van der Waals surface area contributed by atoms with E-state index in [2.05, 4.69) is 26.5 Å². The number of hydrazone groups is 1. The average Bonchev–Trinajstić information content (AvgIpc) is 2.85. The van der Waals surface area contributed by atoms with Crippen molar-refractivity contribution >= 4 is 50.5 Å². The molecule has 1 amide bonds. The summed E-state index contributed by atoms with van der Waals surface area (Å²) in [5.74, 6) is -0.654. The van der Waals surface area contributed by atoms with Crippen LogP contribution in [0.4, 0.5) is 0 Å². The number of thiophene rings is 1. The summed E-state index contributed by atoms with van der Waals surface area (Å²) in [4.78, 5) is 12.9. The number of hydrogen-bond donors (Lipinski definition) is 2. The Labute approximate surface area is 133 Å². The molecule has 0 bridgehead atoms. The second-order valence-electron chi connectivity index (χ2n) is 3.90. The summed E-state index contributed by atoms with van der Waals surface area (Å²) < 4.78 is 0.987. The molecule has 1 aromatic heterocycles. The van der Waals surface area contributed by atoms with Crippen LogP contribution >= 0.6 is 38.9 Å². The van der Waals surface area contributed by atoms with E-state index in [4.69, 9.17) is 11.6 Å². The van der Waals surface area contributed by atoms with Gasteiger partial charge in [0.15, 0.2) is 0 Å². The van der Waals surface area contributed by atoms with Crippen LogP contribution in [0.2, 0.25) is 5.02 Å². The molecule has 0 radical (unpaired) electrons. The fraction of sp³-hybridized carbons (Fsp3) is 0.0769. The van der Waals surface area contributed by atoms with Crippen LogP contribution < -0.4 is 5.43 Å². The van der Waals surface area contributed by atoms with Crippen molar-refractivity contribution in [3.63, 3.8) is 0 Å². The zero-order valence-electron chi connectivity index (χ0n) is 10.4. The van der Waals surface area contributed by atoms with Crippen molar-refractivity contribution in [3.8, 4) is 5.75 Å². The lowest BCUT2D eigenvalue weighted by atomic mass is 10.2. The highest BCUT2D eigenvalue weighted by Crippen LogP contribution is 2.23. The van der Waals surface area contributed by atoms with E-state index in [0.717, 1.165) is 8.66 Å². The molecule has 2 rings (SSSR count). The van der Waals surface area contributed by atoms with Crippen LogP contribution in [0.15, 0.2) is 39.2 Å². The van der Waals surface area contributed by atoms with Crippen molar-refractivity contribution in [2.75, 3.05) is 0 Å². The monoisotopic (exact) mass is 372 g/mol. The van der Waals surface area contributed by atoms with E-state index in [1.165, 1.54) is 29.5 Å². The maximum absolute atomic E-state index is 11.9. The van der Waals surface area contributed by atoms with Gasteiger partial charge >= 0.3 is 0 Å². The van der Waals surface area contributed by atoms with Crippen molar-refractivity contribution in [1.82, 2.24) is 5.43 Å². The molecular formula is C13H10BrClN2O2S. The number of rotatable bonds is 3. The molecule has 2 aromatic rings. The Hall–Kier alpha value is -1.37. The summed E-state index contributed by atoms with van der Waals surface area (Å²) in [5, 5.41) is 14.0. The second-order valence-corrected chi connectivity index (χ2v) is 6.80. The maximum Gasteiger partial charge on any atom is 0.275 e. The van der Waals surface area contributed by atoms with Gasteiger partial charge in [-0.25, -0.2) is 5.43 Å². The fourth-order valence-corrected chi connectivity index (χ4v) is 2.95. The molecule has 0 aliphatic rings. The second kappa shape index (κ2) is 6.39. The van der Waals surface area contributed by atoms with Crippen LogP contribution in [0.1, 0.15) is 22.2 Å². The Bertz CT molecular complexity index is 685. The highest BCUT2D eigenvalue weighted by molar-refractivity contribution is 9.11. The first kappa shape index (κ1) is 15.0. The molecule has 20 heavy (non-hydrogen) atoms. The Balaban J connectivity index is 2.14. The normalized spacial score (nSPS) is 11.4. The van der Waals surface area contributed by atoms with Gasteiger partial charge in [-0.05, 0) is 53.2 Å². The van der Waals surface area contributed by atoms with E-state index < -0.39 is 5.91 Å². The van der Waals surface area contributed by atoms with Gasteiger partial charge in [0.25, 0.3) is 5.91 Å². The van der Waals surface area contributed by atoms with Crippen LogP contribution in [0.5, 0.6) is 5.75 Å². The van der Waals surface area contributed by atoms with Gasteiger partial charge in [-0.2, -0.15) is 5.10 Å². The fourth-order valence-electron chi connectivity index (χ4n) is 1.45. The number of phenols is 1. The highest BCUT2D eigenvalue weighted by Gasteiger charge is 2.11. The quantitative estimate of drug-likeness (QED) is 0.630. The van der Waals surface area contributed by atoms with Crippen LogP contribution in [-0.2, 0) is 0 Å². The molecular weight excluding hydrogens is 364 g/mol. The summed E-state index contributed by atoms with van der Waals surface area (Å²) in [5.41, 5.74) is 3.16. The lowest BCUT2D eigenvalue weighted by Gasteiger charge is -2.04. The molecule has 0 saturated heterocycles. The van der Waals surface area contributed by atoms with E-state index >= 15 is 0 Å². The topological polar surface area (TPSA) is 61.7 Å². The predicted octanol–water partition coefficient (Wildman–Crippen LogP) is 4.02. The third kappa shape index (κ3) is 3.59. The lowest BCUT2D eigenvalue weighted by Crippen LogP contribution is -2.19. The Morgan fingerprint density at radius 3 is 2.80 bits per heavy atom. The minimum absolute atomic E-state index is 0.0846. The number of carbonyl (C=O) groups is 1. The number of carbonyl (C=O) groups excluding carboxylic acids is 1. The highest BCUT2D eigenvalue weighted by atomic mass is 79.9. The molecule has 104 valence electrons. The lowest BCUT2D eigenvalue weighted by molar-refractivity contribution is 0.0952. The van der Waals surface area contributed by atoms with Crippen molar-refractivity contribution in [2.24, 2.45) is 5.10 Å². The molecule has 7 heteroatoms. The number of amides is 1. The number of halogens is 2. The minimum Gasteiger partial charge on any atom is -0.507 e. The number of phenolic OH excluding ortho intramolecular Hbond substituents is 1. The number of hydrogen-bond acceptors (Lipinski definition) is 4. The molecule has 1 aromatic carbocycles. The number of benzene rings is 1. The molecule has 4 nitrogen and oxygen atoms in total. The van der Waals surface area contributed by atoms with Crippen LogP contribution in [0, 0.1) is 0 Å². The molecule has 0 spiro atoms. The smallest absolute Gasteiger partial charge is 0.275 e. The summed E-state index contributed by atoms with van der Waals surface area (Å²) in [7, 11) is 0. The zero-order chi connectivity index (χ0) is 14.7. The van der Waals surface area contributed by atoms with Crippen molar-refractivity contribution < 1.29 is 9.90 Å². The maximum atomic E-state index is 11.9. The first-order valence-electron chi connectivity index (χ1n) is 5.56. The third-order valence-electron chi connectivity index (χ3n) is 2.46. The number of aromatic hydroxyl groups is 1. The number of nitrogens with zero attached hydrogens (tertiary/aromatic N) is 1. The first-order chi connectivity index (χ1) is 9.47. The van der Waals surface area contributed by atoms with Gasteiger partial charge in [0.2, 0.25) is 0 Å². The average molecular weight is 374 g/mol. The number of nitrogens with one attached hydrogen (secondary N) is 1. The molecule has 1 heterocycles. The summed E-state index contributed by atoms with van der Waals surface area (Å²) >= 11 is 10.7. The molecule has 0 fully saturated rings. The molecule has 2 N–H and O–H groups in total. The van der Waals surface area contributed by atoms with E-state index in [1.54, 1.807) is 6.92 Å². The van der Waals surface area contributed by atoms with Gasteiger partial charge < -0.3 is 5.11 Å². The van der Waals surface area contributed by atoms with E-state index in [-0.39, 0.29) is 11.3 Å². The summed E-state index contributed by atoms with van der Waals surface area (Å²) in [6, 6.07) is 8.06. The third-order valence-corrected chi connectivity index (χ3v) is 4.43. The molecule has 0 atom stereocenters. The zero-order valence-corrected chi connectivity index (χ0v) is 13.5. The van der Waals surface area contributed by atoms with Crippen molar-refractivity contribution in [1.29, 1.82) is 0 Å². The van der Waals surface area contributed by atoms with Crippen LogP contribution in [-0.4, -0.2) is 16.7 Å². The molecule has 0 aliphatic heterocycles. The molecule has 0 saturated carbocycles. The van der Waals surface area contributed by atoms with Crippen molar-refractivity contribution in [3.05, 3.63) is 49.6 Å². The summed E-state index contributed by atoms with van der Waals surface area (Å²) in [6.07, 6.45) is 0. The van der Waals surface area contributed by atoms with Gasteiger partial charge in [0, 0.05) is 5.02 Å². The van der Waals surface area contributed by atoms with Crippen molar-refractivity contribution in [2.45, 2.75) is 6.92 Å². The Morgan fingerprint density at radius 1 is 1.40 bits per heavy atom. The first-order valence-corrected chi connectivity index (χ1v) is 7.55. The largest absolute Gasteiger partial charge is 0.507 e. The Morgan fingerprint density at radius 2 is 2.15 bits per heavy atom. The Kier molecular flexibility index (Phi) is 4.80. The van der Waals surface area contributed by atoms with Gasteiger partial charge in [-0.1, -0.05) is 11.6 Å². The molecule has 0 aliphatic carbocycles. The van der Waals surface area contributed by atoms with E-state index in [9.17, 15) is 9.90 Å². The van der Waals surface area contributed by atoms with E-state index in [1.807, 2.05) is 12.1 Å². The SMILES string of the molecule is CC(=NNC(=O)c1cc(Cl)ccc1O)c1ccc(Br)s1. The minimum atomic E-state index is -0.514.